The predicted molar refractivity (Wildman–Crippen MR) is 205 cm³/mol. The number of anilines is 2. The van der Waals surface area contributed by atoms with Crippen LogP contribution in [-0.4, -0.2) is 72.3 Å². The van der Waals surface area contributed by atoms with Gasteiger partial charge in [-0.15, -0.1) is 11.8 Å². The zero-order valence-corrected chi connectivity index (χ0v) is 31.7. The summed E-state index contributed by atoms with van der Waals surface area (Å²) in [5, 5.41) is 25.1. The van der Waals surface area contributed by atoms with E-state index in [-0.39, 0.29) is 17.3 Å². The van der Waals surface area contributed by atoms with Gasteiger partial charge in [0.05, 0.1) is 9.82 Å². The molecule has 5 rings (SSSR count). The number of hydrogen-bond acceptors (Lipinski definition) is 9. The molecule has 0 bridgehead atoms. The minimum absolute atomic E-state index is 0.146. The average molecular weight is 752 g/mol. The first-order valence-electron chi connectivity index (χ1n) is 17.8. The van der Waals surface area contributed by atoms with Gasteiger partial charge in [-0.2, -0.15) is 0 Å². The lowest BCUT2D eigenvalue weighted by Crippen LogP contribution is -2.45. The van der Waals surface area contributed by atoms with Crippen LogP contribution in [-0.2, 0) is 10.0 Å². The third-order valence-corrected chi connectivity index (χ3v) is 12.6. The summed E-state index contributed by atoms with van der Waals surface area (Å²) in [5.74, 6) is -0.271. The minimum atomic E-state index is -4.44. The standard InChI is InChI=1S/C38H49N5O7S2/c1-37(2,3)42(36(45)46)23-10-7-11-29(26-51-31-12-5-4-6-13-31)39-33-19-18-32(25-34(33)43(47)48)52(49,50)40-35(44)28-14-16-30(17-15-28)41-24-22-38(27-41)20-8-9-21-38/h4-6,12-19,25,29,39H,7-11,20-24,26-27H2,1-3H3,(H,40,44)(H,45,46)/t29-/m1/s1. The van der Waals surface area contributed by atoms with Crippen molar-refractivity contribution in [2.45, 2.75) is 93.5 Å². The maximum Gasteiger partial charge on any atom is 0.407 e. The Morgan fingerprint density at radius 1 is 1.02 bits per heavy atom. The van der Waals surface area contributed by atoms with E-state index in [0.717, 1.165) is 36.2 Å². The van der Waals surface area contributed by atoms with E-state index in [1.54, 1.807) is 23.9 Å². The number of hydrogen-bond donors (Lipinski definition) is 3. The highest BCUT2D eigenvalue weighted by atomic mass is 32.2. The van der Waals surface area contributed by atoms with E-state index in [9.17, 15) is 33.2 Å². The molecule has 1 heterocycles. The predicted octanol–water partition coefficient (Wildman–Crippen LogP) is 8.01. The van der Waals surface area contributed by atoms with E-state index in [1.807, 2.05) is 63.2 Å². The topological polar surface area (TPSA) is 162 Å². The van der Waals surface area contributed by atoms with Crippen LogP contribution in [0.2, 0.25) is 0 Å². The molecule has 2 amide bonds. The van der Waals surface area contributed by atoms with Gasteiger partial charge in [-0.05, 0) is 113 Å². The lowest BCUT2D eigenvalue weighted by Gasteiger charge is -2.33. The van der Waals surface area contributed by atoms with Crippen LogP contribution in [0.25, 0.3) is 0 Å². The van der Waals surface area contributed by atoms with Gasteiger partial charge in [-0.25, -0.2) is 17.9 Å². The number of rotatable bonds is 15. The molecule has 14 heteroatoms. The molecule has 2 fully saturated rings. The van der Waals surface area contributed by atoms with E-state index in [4.69, 9.17) is 0 Å². The summed E-state index contributed by atoms with van der Waals surface area (Å²) < 4.78 is 28.7. The fourth-order valence-electron chi connectivity index (χ4n) is 7.21. The second-order valence-electron chi connectivity index (χ2n) is 14.9. The molecule has 2 aliphatic rings. The Hall–Kier alpha value is -4.30. The molecule has 1 spiro atoms. The van der Waals surface area contributed by atoms with Crippen molar-refractivity contribution in [2.24, 2.45) is 5.41 Å². The van der Waals surface area contributed by atoms with Gasteiger partial charge >= 0.3 is 6.09 Å². The first kappa shape index (κ1) is 38.9. The van der Waals surface area contributed by atoms with Crippen LogP contribution < -0.4 is 14.9 Å². The number of nitrogens with one attached hydrogen (secondary N) is 2. The monoisotopic (exact) mass is 751 g/mol. The normalized spacial score (nSPS) is 16.1. The molecule has 1 aliphatic carbocycles. The van der Waals surface area contributed by atoms with Gasteiger partial charge in [0.25, 0.3) is 21.6 Å². The van der Waals surface area contributed by atoms with Gasteiger partial charge in [0.15, 0.2) is 0 Å². The van der Waals surface area contributed by atoms with E-state index < -0.39 is 43.1 Å². The summed E-state index contributed by atoms with van der Waals surface area (Å²) in [6.45, 7) is 7.82. The molecular weight excluding hydrogens is 703 g/mol. The molecule has 3 aromatic carbocycles. The van der Waals surface area contributed by atoms with Crippen LogP contribution in [0.1, 0.15) is 82.5 Å². The van der Waals surface area contributed by atoms with Crippen molar-refractivity contribution >= 4 is 50.8 Å². The molecule has 3 aromatic rings. The molecule has 3 N–H and O–H groups in total. The van der Waals surface area contributed by atoms with Crippen molar-refractivity contribution in [3.63, 3.8) is 0 Å². The molecular formula is C38H49N5O7S2. The molecule has 1 aliphatic heterocycles. The van der Waals surface area contributed by atoms with Crippen molar-refractivity contribution in [1.29, 1.82) is 0 Å². The van der Waals surface area contributed by atoms with E-state index >= 15 is 0 Å². The number of carbonyl (C=O) groups excluding carboxylic acids is 1. The Morgan fingerprint density at radius 2 is 1.71 bits per heavy atom. The molecule has 0 radical (unpaired) electrons. The van der Waals surface area contributed by atoms with Crippen molar-refractivity contribution in [3.8, 4) is 0 Å². The number of nitro benzene ring substituents is 1. The van der Waals surface area contributed by atoms with Gasteiger partial charge in [0.2, 0.25) is 0 Å². The number of amides is 2. The Balaban J connectivity index is 1.25. The van der Waals surface area contributed by atoms with E-state index in [0.29, 0.717) is 37.0 Å². The highest BCUT2D eigenvalue weighted by Crippen LogP contribution is 2.46. The van der Waals surface area contributed by atoms with Crippen LogP contribution in [0.15, 0.2) is 82.6 Å². The summed E-state index contributed by atoms with van der Waals surface area (Å²) in [6.07, 6.45) is 7.04. The fraction of sp³-hybridized carbons (Fsp3) is 0.474. The molecule has 52 heavy (non-hydrogen) atoms. The second kappa shape index (κ2) is 16.6. The fourth-order valence-corrected chi connectivity index (χ4v) is 9.20. The summed E-state index contributed by atoms with van der Waals surface area (Å²) in [6, 6.07) is 19.9. The third-order valence-electron chi connectivity index (χ3n) is 10.1. The van der Waals surface area contributed by atoms with Gasteiger partial charge in [-0.1, -0.05) is 31.0 Å². The SMILES string of the molecule is CC(C)(C)N(CCCC[C@H](CSc1ccccc1)Nc1ccc(S(=O)(=O)NC(=O)c2ccc(N3CCC4(CCCC4)C3)cc2)cc1[N+](=O)[O-])C(=O)O. The Kier molecular flexibility index (Phi) is 12.4. The molecule has 0 aromatic heterocycles. The summed E-state index contributed by atoms with van der Waals surface area (Å²) >= 11 is 1.58. The van der Waals surface area contributed by atoms with E-state index in [1.165, 1.54) is 42.7 Å². The van der Waals surface area contributed by atoms with Gasteiger partial charge in [0, 0.05) is 59.2 Å². The quantitative estimate of drug-likeness (QED) is 0.0600. The largest absolute Gasteiger partial charge is 0.465 e. The Labute approximate surface area is 310 Å². The van der Waals surface area contributed by atoms with Crippen molar-refractivity contribution in [2.75, 3.05) is 35.6 Å². The number of carboxylic acid groups (broad SMARTS) is 1. The number of sulfonamides is 1. The maximum atomic E-state index is 13.3. The average Bonchev–Trinajstić information content (AvgIpc) is 3.75. The van der Waals surface area contributed by atoms with Crippen molar-refractivity contribution in [1.82, 2.24) is 9.62 Å². The number of thioether (sulfide) groups is 1. The zero-order valence-electron chi connectivity index (χ0n) is 30.0. The van der Waals surface area contributed by atoms with Gasteiger partial charge < -0.3 is 20.2 Å². The number of carbonyl (C=O) groups is 2. The third kappa shape index (κ3) is 9.97. The summed E-state index contributed by atoms with van der Waals surface area (Å²) in [4.78, 5) is 40.8. The second-order valence-corrected chi connectivity index (χ2v) is 17.6. The molecule has 1 saturated heterocycles. The highest BCUT2D eigenvalue weighted by Gasteiger charge is 2.40. The molecule has 280 valence electrons. The summed E-state index contributed by atoms with van der Waals surface area (Å²) in [7, 11) is -4.44. The maximum absolute atomic E-state index is 13.3. The minimum Gasteiger partial charge on any atom is -0.465 e. The van der Waals surface area contributed by atoms with Gasteiger partial charge in [-0.3, -0.25) is 14.9 Å². The highest BCUT2D eigenvalue weighted by molar-refractivity contribution is 7.99. The van der Waals surface area contributed by atoms with Crippen LogP contribution in [0.4, 0.5) is 21.9 Å². The van der Waals surface area contributed by atoms with E-state index in [2.05, 4.69) is 14.9 Å². The van der Waals surface area contributed by atoms with Crippen LogP contribution >= 0.6 is 11.8 Å². The first-order valence-corrected chi connectivity index (χ1v) is 20.3. The number of benzene rings is 3. The van der Waals surface area contributed by atoms with Crippen molar-refractivity contribution in [3.05, 3.63) is 88.5 Å². The Bertz CT molecular complexity index is 1830. The zero-order chi connectivity index (χ0) is 37.5. The summed E-state index contributed by atoms with van der Waals surface area (Å²) in [5.41, 5.74) is 0.707. The first-order chi connectivity index (χ1) is 24.7. The number of nitro groups is 1. The number of unbranched alkanes of at least 4 members (excludes halogenated alkanes) is 1. The molecule has 12 nitrogen and oxygen atoms in total. The van der Waals surface area contributed by atoms with Crippen LogP contribution in [0.3, 0.4) is 0 Å². The van der Waals surface area contributed by atoms with Crippen LogP contribution in [0.5, 0.6) is 0 Å². The molecule has 0 unspecified atom stereocenters. The number of nitrogens with zero attached hydrogens (tertiary/aromatic N) is 3. The van der Waals surface area contributed by atoms with Crippen LogP contribution in [0, 0.1) is 15.5 Å². The van der Waals surface area contributed by atoms with Crippen molar-refractivity contribution < 1.29 is 28.0 Å². The Morgan fingerprint density at radius 3 is 2.35 bits per heavy atom. The lowest BCUT2D eigenvalue weighted by atomic mass is 9.86. The molecule has 1 saturated carbocycles. The lowest BCUT2D eigenvalue weighted by molar-refractivity contribution is -0.384. The van der Waals surface area contributed by atoms with Gasteiger partial charge in [0.1, 0.15) is 5.69 Å². The molecule has 1 atom stereocenters. The smallest absolute Gasteiger partial charge is 0.407 e.